The molecule has 2 rings (SSSR count). The summed E-state index contributed by atoms with van der Waals surface area (Å²) in [6.07, 6.45) is 2.38. The first kappa shape index (κ1) is 12.6. The number of nitrogens with zero attached hydrogens (tertiary/aromatic N) is 1. The van der Waals surface area contributed by atoms with Crippen LogP contribution < -0.4 is 4.74 Å². The summed E-state index contributed by atoms with van der Waals surface area (Å²) in [6, 6.07) is 3.61. The van der Waals surface area contributed by atoms with E-state index in [-0.39, 0.29) is 5.75 Å². The first-order valence-corrected chi connectivity index (χ1v) is 6.69. The minimum absolute atomic E-state index is 0.112. The van der Waals surface area contributed by atoms with Gasteiger partial charge in [-0.25, -0.2) is 0 Å². The van der Waals surface area contributed by atoms with Crippen molar-refractivity contribution in [1.29, 1.82) is 0 Å². The van der Waals surface area contributed by atoms with Crippen molar-refractivity contribution in [2.24, 2.45) is 0 Å². The van der Waals surface area contributed by atoms with Gasteiger partial charge in [0, 0.05) is 18.7 Å². The summed E-state index contributed by atoms with van der Waals surface area (Å²) in [6.45, 7) is 2.03. The molecule has 0 amide bonds. The zero-order chi connectivity index (χ0) is 12.4. The van der Waals surface area contributed by atoms with Gasteiger partial charge in [0.2, 0.25) is 0 Å². The van der Waals surface area contributed by atoms with Gasteiger partial charge in [-0.1, -0.05) is 12.2 Å². The van der Waals surface area contributed by atoms with Gasteiger partial charge in [-0.3, -0.25) is 0 Å². The van der Waals surface area contributed by atoms with Crippen LogP contribution in [0.1, 0.15) is 18.4 Å². The minimum Gasteiger partial charge on any atom is -0.503 e. The summed E-state index contributed by atoms with van der Waals surface area (Å²) in [5.74, 6) is 0.552. The van der Waals surface area contributed by atoms with E-state index < -0.39 is 0 Å². The van der Waals surface area contributed by atoms with Crippen LogP contribution in [0.4, 0.5) is 0 Å². The molecule has 0 saturated carbocycles. The van der Waals surface area contributed by atoms with Crippen LogP contribution in [0.2, 0.25) is 0 Å². The summed E-state index contributed by atoms with van der Waals surface area (Å²) >= 11 is 8.77. The maximum atomic E-state index is 9.74. The highest BCUT2D eigenvalue weighted by Gasteiger charge is 2.18. The molecule has 1 heterocycles. The van der Waals surface area contributed by atoms with E-state index in [0.29, 0.717) is 10.2 Å². The number of ether oxygens (including phenoxy) is 1. The van der Waals surface area contributed by atoms with E-state index in [1.165, 1.54) is 20.0 Å². The lowest BCUT2D eigenvalue weighted by atomic mass is 10.2. The third-order valence-electron chi connectivity index (χ3n) is 2.89. The molecule has 5 heteroatoms. The van der Waals surface area contributed by atoms with Crippen LogP contribution in [0, 0.1) is 0 Å². The van der Waals surface area contributed by atoms with Gasteiger partial charge < -0.3 is 14.7 Å². The van der Waals surface area contributed by atoms with E-state index in [1.54, 1.807) is 6.07 Å². The fourth-order valence-corrected chi connectivity index (χ4v) is 2.70. The van der Waals surface area contributed by atoms with Crippen LogP contribution in [0.5, 0.6) is 11.5 Å². The molecule has 1 aromatic carbocycles. The highest BCUT2D eigenvalue weighted by molar-refractivity contribution is 9.10. The number of benzene rings is 1. The van der Waals surface area contributed by atoms with E-state index in [1.807, 2.05) is 6.07 Å². The molecule has 1 aliphatic heterocycles. The molecule has 0 spiro atoms. The first-order chi connectivity index (χ1) is 8.13. The number of likely N-dealkylation sites (tertiary alicyclic amines) is 1. The van der Waals surface area contributed by atoms with E-state index >= 15 is 0 Å². The van der Waals surface area contributed by atoms with Crippen LogP contribution >= 0.6 is 28.1 Å². The second-order valence-corrected chi connectivity index (χ2v) is 5.25. The normalized spacial score (nSPS) is 15.1. The number of aromatic hydroxyl groups is 1. The monoisotopic (exact) mass is 315 g/mol. The van der Waals surface area contributed by atoms with E-state index in [0.717, 1.165) is 23.6 Å². The number of hydrogen-bond donors (Lipinski definition) is 1. The fourth-order valence-electron chi connectivity index (χ4n) is 1.96. The molecule has 1 aliphatic rings. The molecule has 0 atom stereocenters. The fraction of sp³-hybridized carbons (Fsp3) is 0.417. The van der Waals surface area contributed by atoms with Crippen molar-refractivity contribution in [3.8, 4) is 11.5 Å². The average Bonchev–Trinajstić information content (AvgIpc) is 2.85. The number of phenolic OH excluding ortho intramolecular Hbond substituents is 1. The number of rotatable bonds is 2. The molecule has 0 radical (unpaired) electrons. The van der Waals surface area contributed by atoms with E-state index in [2.05, 4.69) is 20.8 Å². The van der Waals surface area contributed by atoms with Gasteiger partial charge in [0.15, 0.2) is 11.5 Å². The largest absolute Gasteiger partial charge is 0.503 e. The summed E-state index contributed by atoms with van der Waals surface area (Å²) in [7, 11) is 1.53. The Labute approximate surface area is 115 Å². The van der Waals surface area contributed by atoms with Gasteiger partial charge in [-0.05, 0) is 40.9 Å². The summed E-state index contributed by atoms with van der Waals surface area (Å²) in [5, 5.41) is 9.74. The molecule has 1 N–H and O–H groups in total. The lowest BCUT2D eigenvalue weighted by molar-refractivity contribution is 0.371. The molecule has 0 aliphatic carbocycles. The molecule has 92 valence electrons. The maximum Gasteiger partial charge on any atom is 0.172 e. The standard InChI is InChI=1S/C12H14BrNO2S/c1-16-10-7-8(6-9(13)11(10)15)12(17)14-4-2-3-5-14/h6-7,15H,2-5H2,1H3. The van der Waals surface area contributed by atoms with Gasteiger partial charge in [0.1, 0.15) is 4.99 Å². The lowest BCUT2D eigenvalue weighted by Crippen LogP contribution is -2.26. The number of methoxy groups -OCH3 is 1. The molecule has 0 aromatic heterocycles. The van der Waals surface area contributed by atoms with Crippen LogP contribution in [0.25, 0.3) is 0 Å². The zero-order valence-electron chi connectivity index (χ0n) is 9.57. The first-order valence-electron chi connectivity index (χ1n) is 5.49. The zero-order valence-corrected chi connectivity index (χ0v) is 12.0. The Balaban J connectivity index is 2.32. The Morgan fingerprint density at radius 2 is 2.06 bits per heavy atom. The molecule has 1 aromatic rings. The highest BCUT2D eigenvalue weighted by atomic mass is 79.9. The van der Waals surface area contributed by atoms with Crippen LogP contribution in [0.3, 0.4) is 0 Å². The number of hydrogen-bond acceptors (Lipinski definition) is 3. The molecular weight excluding hydrogens is 302 g/mol. The van der Waals surface area contributed by atoms with Gasteiger partial charge in [0.05, 0.1) is 11.6 Å². The topological polar surface area (TPSA) is 32.7 Å². The van der Waals surface area contributed by atoms with Crippen molar-refractivity contribution in [1.82, 2.24) is 4.90 Å². The number of halogens is 1. The molecule has 1 saturated heterocycles. The van der Waals surface area contributed by atoms with Crippen molar-refractivity contribution in [3.63, 3.8) is 0 Å². The lowest BCUT2D eigenvalue weighted by Gasteiger charge is -2.19. The van der Waals surface area contributed by atoms with Crippen molar-refractivity contribution >= 4 is 33.1 Å². The molecule has 17 heavy (non-hydrogen) atoms. The van der Waals surface area contributed by atoms with Crippen molar-refractivity contribution in [3.05, 3.63) is 22.2 Å². The van der Waals surface area contributed by atoms with Crippen LogP contribution in [-0.2, 0) is 0 Å². The van der Waals surface area contributed by atoms with Gasteiger partial charge in [-0.15, -0.1) is 0 Å². The SMILES string of the molecule is COc1cc(C(=S)N2CCCC2)cc(Br)c1O. The predicted molar refractivity (Wildman–Crippen MR) is 74.9 cm³/mol. The highest BCUT2D eigenvalue weighted by Crippen LogP contribution is 2.35. The van der Waals surface area contributed by atoms with Crippen molar-refractivity contribution in [2.75, 3.05) is 20.2 Å². The Hall–Kier alpha value is -0.810. The Morgan fingerprint density at radius 1 is 1.41 bits per heavy atom. The minimum atomic E-state index is 0.112. The molecule has 1 fully saturated rings. The second-order valence-electron chi connectivity index (χ2n) is 4.01. The molecule has 0 unspecified atom stereocenters. The Kier molecular flexibility index (Phi) is 3.89. The van der Waals surface area contributed by atoms with E-state index in [9.17, 15) is 5.11 Å². The summed E-state index contributed by atoms with van der Waals surface area (Å²) in [4.78, 5) is 3.01. The van der Waals surface area contributed by atoms with Gasteiger partial charge >= 0.3 is 0 Å². The molecule has 0 bridgehead atoms. The Bertz CT molecular complexity index is 444. The smallest absolute Gasteiger partial charge is 0.172 e. The predicted octanol–water partition coefficient (Wildman–Crippen LogP) is 2.93. The second kappa shape index (κ2) is 5.23. The van der Waals surface area contributed by atoms with Gasteiger partial charge in [0.25, 0.3) is 0 Å². The van der Waals surface area contributed by atoms with Crippen molar-refractivity contribution < 1.29 is 9.84 Å². The Morgan fingerprint density at radius 3 is 2.65 bits per heavy atom. The van der Waals surface area contributed by atoms with Crippen LogP contribution in [-0.4, -0.2) is 35.2 Å². The third-order valence-corrected chi connectivity index (χ3v) is 3.99. The molecule has 3 nitrogen and oxygen atoms in total. The van der Waals surface area contributed by atoms with E-state index in [4.69, 9.17) is 17.0 Å². The molecular formula is C12H14BrNO2S. The summed E-state index contributed by atoms with van der Waals surface area (Å²) in [5.41, 5.74) is 0.906. The summed E-state index contributed by atoms with van der Waals surface area (Å²) < 4.78 is 5.73. The third kappa shape index (κ3) is 2.55. The van der Waals surface area contributed by atoms with Crippen LogP contribution in [0.15, 0.2) is 16.6 Å². The maximum absolute atomic E-state index is 9.74. The quantitative estimate of drug-likeness (QED) is 0.851. The van der Waals surface area contributed by atoms with Crippen molar-refractivity contribution in [2.45, 2.75) is 12.8 Å². The number of phenols is 1. The number of thiocarbonyl (C=S) groups is 1. The van der Waals surface area contributed by atoms with Gasteiger partial charge in [-0.2, -0.15) is 0 Å². The average molecular weight is 316 g/mol.